The summed E-state index contributed by atoms with van der Waals surface area (Å²) in [7, 11) is 1.59. The summed E-state index contributed by atoms with van der Waals surface area (Å²) in [5.41, 5.74) is 1.36. The average molecular weight is 434 g/mol. The number of rotatable bonds is 6. The number of carbonyl (C=O) groups is 1. The zero-order valence-electron chi connectivity index (χ0n) is 17.9. The molecule has 3 heterocycles. The first-order valence-corrected chi connectivity index (χ1v) is 9.97. The van der Waals surface area contributed by atoms with Crippen molar-refractivity contribution in [3.05, 3.63) is 74.7 Å². The summed E-state index contributed by atoms with van der Waals surface area (Å²) in [6, 6.07) is 10.6. The van der Waals surface area contributed by atoms with Crippen molar-refractivity contribution in [3.63, 3.8) is 0 Å². The Morgan fingerprint density at radius 3 is 2.75 bits per heavy atom. The SMILES string of the molecule is COc1cccc2c(C)cc(-n3nc(C)cc3NC(=O)CCn3ccc(=O)[nH]c3=O)nc12. The van der Waals surface area contributed by atoms with Gasteiger partial charge in [0.2, 0.25) is 5.91 Å². The first-order valence-electron chi connectivity index (χ1n) is 9.97. The molecule has 2 N–H and O–H groups in total. The van der Waals surface area contributed by atoms with E-state index in [1.165, 1.54) is 16.8 Å². The Balaban J connectivity index is 1.61. The van der Waals surface area contributed by atoms with Crippen LogP contribution >= 0.6 is 0 Å². The number of hydrogen-bond acceptors (Lipinski definition) is 6. The van der Waals surface area contributed by atoms with Crippen LogP contribution in [0.4, 0.5) is 5.82 Å². The molecule has 10 heteroatoms. The molecule has 1 amide bonds. The highest BCUT2D eigenvalue weighted by atomic mass is 16.5. The highest BCUT2D eigenvalue weighted by Crippen LogP contribution is 2.28. The third-order valence-electron chi connectivity index (χ3n) is 5.01. The van der Waals surface area contributed by atoms with E-state index in [0.29, 0.717) is 28.6 Å². The molecule has 0 aliphatic carbocycles. The predicted molar refractivity (Wildman–Crippen MR) is 119 cm³/mol. The second kappa shape index (κ2) is 8.50. The van der Waals surface area contributed by atoms with Crippen LogP contribution in [0.5, 0.6) is 5.75 Å². The Labute approximate surface area is 182 Å². The van der Waals surface area contributed by atoms with Crippen molar-refractivity contribution in [2.45, 2.75) is 26.8 Å². The molecule has 4 aromatic rings. The second-order valence-corrected chi connectivity index (χ2v) is 7.34. The van der Waals surface area contributed by atoms with Crippen LogP contribution in [0.15, 0.2) is 52.2 Å². The number of anilines is 1. The molecule has 3 aromatic heterocycles. The van der Waals surface area contributed by atoms with Crippen molar-refractivity contribution < 1.29 is 9.53 Å². The molecule has 0 saturated carbocycles. The minimum atomic E-state index is -0.559. The fourth-order valence-corrected chi connectivity index (χ4v) is 3.46. The smallest absolute Gasteiger partial charge is 0.328 e. The van der Waals surface area contributed by atoms with E-state index in [0.717, 1.165) is 10.9 Å². The first kappa shape index (κ1) is 21.0. The van der Waals surface area contributed by atoms with Crippen LogP contribution in [0, 0.1) is 13.8 Å². The molecule has 0 aliphatic rings. The van der Waals surface area contributed by atoms with Gasteiger partial charge in [-0.15, -0.1) is 0 Å². The van der Waals surface area contributed by atoms with Crippen LogP contribution in [-0.4, -0.2) is 37.3 Å². The van der Waals surface area contributed by atoms with Gasteiger partial charge in [-0.2, -0.15) is 9.78 Å². The fraction of sp³-hybridized carbons (Fsp3) is 0.227. The van der Waals surface area contributed by atoms with Gasteiger partial charge in [0.1, 0.15) is 17.1 Å². The topological polar surface area (TPSA) is 124 Å². The summed E-state index contributed by atoms with van der Waals surface area (Å²) in [4.78, 5) is 42.4. The molecule has 164 valence electrons. The first-order chi connectivity index (χ1) is 15.4. The lowest BCUT2D eigenvalue weighted by Crippen LogP contribution is -2.30. The fourth-order valence-electron chi connectivity index (χ4n) is 3.46. The number of H-pyrrole nitrogens is 1. The Hall–Kier alpha value is -4.21. The summed E-state index contributed by atoms with van der Waals surface area (Å²) in [6.45, 7) is 3.92. The molecule has 0 spiro atoms. The summed E-state index contributed by atoms with van der Waals surface area (Å²) in [5.74, 6) is 1.34. The van der Waals surface area contributed by atoms with E-state index in [4.69, 9.17) is 9.72 Å². The second-order valence-electron chi connectivity index (χ2n) is 7.34. The van der Waals surface area contributed by atoms with Crippen molar-refractivity contribution in [1.82, 2.24) is 24.3 Å². The van der Waals surface area contributed by atoms with Gasteiger partial charge < -0.3 is 14.6 Å². The number of nitrogens with one attached hydrogen (secondary N) is 2. The van der Waals surface area contributed by atoms with E-state index in [9.17, 15) is 14.4 Å². The lowest BCUT2D eigenvalue weighted by atomic mass is 10.1. The Morgan fingerprint density at radius 1 is 1.19 bits per heavy atom. The van der Waals surface area contributed by atoms with Gasteiger partial charge in [-0.3, -0.25) is 14.6 Å². The summed E-state index contributed by atoms with van der Waals surface area (Å²) in [6.07, 6.45) is 1.40. The summed E-state index contributed by atoms with van der Waals surface area (Å²) >= 11 is 0. The number of fused-ring (bicyclic) bond motifs is 1. The number of nitrogens with zero attached hydrogens (tertiary/aromatic N) is 4. The molecule has 0 bridgehead atoms. The number of aromatic nitrogens is 5. The van der Waals surface area contributed by atoms with Crippen LogP contribution in [-0.2, 0) is 11.3 Å². The highest BCUT2D eigenvalue weighted by molar-refractivity contribution is 5.91. The van der Waals surface area contributed by atoms with E-state index in [1.54, 1.807) is 17.9 Å². The van der Waals surface area contributed by atoms with Crippen LogP contribution in [0.3, 0.4) is 0 Å². The van der Waals surface area contributed by atoms with Gasteiger partial charge in [0.25, 0.3) is 5.56 Å². The van der Waals surface area contributed by atoms with E-state index in [1.807, 2.05) is 38.1 Å². The number of hydrogen-bond donors (Lipinski definition) is 2. The highest BCUT2D eigenvalue weighted by Gasteiger charge is 2.15. The molecule has 0 fully saturated rings. The number of aryl methyl sites for hydroxylation is 3. The molecule has 0 radical (unpaired) electrons. The Morgan fingerprint density at radius 2 is 2.00 bits per heavy atom. The number of carbonyl (C=O) groups excluding carboxylic acids is 1. The van der Waals surface area contributed by atoms with Gasteiger partial charge >= 0.3 is 5.69 Å². The predicted octanol–water partition coefficient (Wildman–Crippen LogP) is 1.92. The van der Waals surface area contributed by atoms with Crippen LogP contribution in [0.2, 0.25) is 0 Å². The van der Waals surface area contributed by atoms with E-state index >= 15 is 0 Å². The standard InChI is InChI=1S/C22H22N6O4/c1-13-11-17(24-21-15(13)5-4-6-16(21)32-3)28-18(12-14(2)26-28)23-19(29)7-9-27-10-8-20(30)25-22(27)31/h4-6,8,10-12H,7,9H2,1-3H3,(H,23,29)(H,25,30,31). The third-order valence-corrected chi connectivity index (χ3v) is 5.01. The van der Waals surface area contributed by atoms with E-state index < -0.39 is 11.2 Å². The Bertz CT molecular complexity index is 1430. The maximum absolute atomic E-state index is 12.6. The molecule has 4 rings (SSSR count). The number of methoxy groups -OCH3 is 1. The zero-order valence-corrected chi connectivity index (χ0v) is 17.9. The van der Waals surface area contributed by atoms with Crippen molar-refractivity contribution in [3.8, 4) is 11.6 Å². The Kier molecular flexibility index (Phi) is 5.59. The zero-order chi connectivity index (χ0) is 22.8. The van der Waals surface area contributed by atoms with Crippen molar-refractivity contribution in [1.29, 1.82) is 0 Å². The lowest BCUT2D eigenvalue weighted by Gasteiger charge is -2.12. The average Bonchev–Trinajstić information content (AvgIpc) is 3.12. The van der Waals surface area contributed by atoms with Crippen molar-refractivity contribution in [2.24, 2.45) is 0 Å². The summed E-state index contributed by atoms with van der Waals surface area (Å²) < 4.78 is 8.29. The minimum absolute atomic E-state index is 0.0359. The molecular weight excluding hydrogens is 412 g/mol. The van der Waals surface area contributed by atoms with E-state index in [-0.39, 0.29) is 18.9 Å². The minimum Gasteiger partial charge on any atom is -0.494 e. The van der Waals surface area contributed by atoms with Crippen LogP contribution in [0.25, 0.3) is 16.7 Å². The number of pyridine rings is 1. The van der Waals surface area contributed by atoms with Gasteiger partial charge in [-0.05, 0) is 31.5 Å². The normalized spacial score (nSPS) is 11.0. The van der Waals surface area contributed by atoms with Crippen LogP contribution in [0.1, 0.15) is 17.7 Å². The molecule has 0 unspecified atom stereocenters. The van der Waals surface area contributed by atoms with Gasteiger partial charge in [0, 0.05) is 36.7 Å². The molecule has 0 aliphatic heterocycles. The molecular formula is C22H22N6O4. The molecule has 0 saturated heterocycles. The maximum Gasteiger partial charge on any atom is 0.328 e. The van der Waals surface area contributed by atoms with E-state index in [2.05, 4.69) is 15.4 Å². The molecule has 1 aromatic carbocycles. The molecule has 10 nitrogen and oxygen atoms in total. The van der Waals surface area contributed by atoms with Gasteiger partial charge in [-0.1, -0.05) is 12.1 Å². The largest absolute Gasteiger partial charge is 0.494 e. The van der Waals surface area contributed by atoms with Crippen molar-refractivity contribution in [2.75, 3.05) is 12.4 Å². The molecule has 0 atom stereocenters. The number of amides is 1. The summed E-state index contributed by atoms with van der Waals surface area (Å²) in [5, 5.41) is 8.28. The van der Waals surface area contributed by atoms with Crippen LogP contribution < -0.4 is 21.3 Å². The number of benzene rings is 1. The number of ether oxygens (including phenoxy) is 1. The number of aromatic amines is 1. The lowest BCUT2D eigenvalue weighted by molar-refractivity contribution is -0.116. The molecule has 32 heavy (non-hydrogen) atoms. The quantitative estimate of drug-likeness (QED) is 0.478. The monoisotopic (exact) mass is 434 g/mol. The maximum atomic E-state index is 12.6. The number of para-hydroxylation sites is 1. The van der Waals surface area contributed by atoms with Crippen molar-refractivity contribution >= 4 is 22.6 Å². The van der Waals surface area contributed by atoms with Gasteiger partial charge in [0.15, 0.2) is 5.82 Å². The van der Waals surface area contributed by atoms with Gasteiger partial charge in [0.05, 0.1) is 12.8 Å². The third kappa shape index (κ3) is 4.15. The van der Waals surface area contributed by atoms with Gasteiger partial charge in [-0.25, -0.2) is 9.78 Å².